The number of hydrogen-bond acceptors (Lipinski definition) is 4. The molecule has 94 valence electrons. The van der Waals surface area contributed by atoms with Gasteiger partial charge in [-0.3, -0.25) is 9.59 Å². The number of hydrogen-bond donors (Lipinski definition) is 2. The number of carbonyl (C=O) groups excluding carboxylic acids is 1. The van der Waals surface area contributed by atoms with Crippen LogP contribution in [-0.2, 0) is 14.3 Å². The Morgan fingerprint density at radius 2 is 1.81 bits per heavy atom. The lowest BCUT2D eigenvalue weighted by molar-refractivity contribution is -0.158. The summed E-state index contributed by atoms with van der Waals surface area (Å²) < 4.78 is 4.68. The Morgan fingerprint density at radius 1 is 1.19 bits per heavy atom. The van der Waals surface area contributed by atoms with Crippen molar-refractivity contribution >= 4 is 11.9 Å². The zero-order chi connectivity index (χ0) is 12.4. The number of unbranched alkanes of at least 4 members (excludes halogenated alkanes) is 3. The molecule has 0 amide bonds. The summed E-state index contributed by atoms with van der Waals surface area (Å²) in [5.41, 5.74) is 0. The van der Waals surface area contributed by atoms with Crippen molar-refractivity contribution in [2.45, 2.75) is 39.0 Å². The fourth-order valence-corrected chi connectivity index (χ4v) is 1.40. The molecular formula is C11H20O5. The van der Waals surface area contributed by atoms with Gasteiger partial charge in [-0.25, -0.2) is 0 Å². The van der Waals surface area contributed by atoms with E-state index in [4.69, 9.17) is 10.2 Å². The lowest BCUT2D eigenvalue weighted by atomic mass is 10.0. The van der Waals surface area contributed by atoms with E-state index in [0.29, 0.717) is 12.8 Å². The van der Waals surface area contributed by atoms with E-state index in [1.165, 1.54) is 0 Å². The van der Waals surface area contributed by atoms with E-state index >= 15 is 0 Å². The first-order valence-electron chi connectivity index (χ1n) is 5.63. The molecule has 1 unspecified atom stereocenters. The molecule has 0 rings (SSSR count). The third kappa shape index (κ3) is 6.40. The minimum absolute atomic E-state index is 0.153. The molecule has 0 heterocycles. The Bertz CT molecular complexity index is 214. The van der Waals surface area contributed by atoms with Gasteiger partial charge in [-0.1, -0.05) is 19.3 Å². The fraction of sp³-hybridized carbons (Fsp3) is 0.818. The number of esters is 1. The summed E-state index contributed by atoms with van der Waals surface area (Å²) in [5, 5.41) is 17.4. The molecule has 0 fully saturated rings. The monoisotopic (exact) mass is 232 g/mol. The van der Waals surface area contributed by atoms with Gasteiger partial charge in [0.15, 0.2) is 5.92 Å². The van der Waals surface area contributed by atoms with Gasteiger partial charge in [0.25, 0.3) is 0 Å². The summed E-state index contributed by atoms with van der Waals surface area (Å²) in [6.07, 6.45) is 3.36. The lowest BCUT2D eigenvalue weighted by Crippen LogP contribution is -2.25. The predicted molar refractivity (Wildman–Crippen MR) is 57.9 cm³/mol. The van der Waals surface area contributed by atoms with Crippen molar-refractivity contribution in [1.29, 1.82) is 0 Å². The molecule has 5 nitrogen and oxygen atoms in total. The highest BCUT2D eigenvalue weighted by Gasteiger charge is 2.26. The molecule has 0 aromatic carbocycles. The maximum Gasteiger partial charge on any atom is 0.320 e. The van der Waals surface area contributed by atoms with Crippen LogP contribution >= 0.6 is 0 Å². The molecule has 0 bridgehead atoms. The second-order valence-corrected chi connectivity index (χ2v) is 3.57. The number of aliphatic hydroxyl groups is 1. The van der Waals surface area contributed by atoms with Crippen LogP contribution in [0.1, 0.15) is 39.0 Å². The zero-order valence-corrected chi connectivity index (χ0v) is 9.65. The van der Waals surface area contributed by atoms with Crippen LogP contribution in [-0.4, -0.2) is 35.4 Å². The summed E-state index contributed by atoms with van der Waals surface area (Å²) in [6.45, 7) is 2.01. The molecular weight excluding hydrogens is 212 g/mol. The van der Waals surface area contributed by atoms with Crippen molar-refractivity contribution in [2.24, 2.45) is 5.92 Å². The molecule has 0 spiro atoms. The van der Waals surface area contributed by atoms with Crippen LogP contribution < -0.4 is 0 Å². The Kier molecular flexibility index (Phi) is 8.52. The number of rotatable bonds is 9. The van der Waals surface area contributed by atoms with Crippen molar-refractivity contribution in [3.63, 3.8) is 0 Å². The van der Waals surface area contributed by atoms with Crippen LogP contribution in [0.2, 0.25) is 0 Å². The minimum Gasteiger partial charge on any atom is -0.481 e. The second kappa shape index (κ2) is 9.15. The molecule has 16 heavy (non-hydrogen) atoms. The molecule has 1 atom stereocenters. The van der Waals surface area contributed by atoms with Gasteiger partial charge >= 0.3 is 11.9 Å². The topological polar surface area (TPSA) is 83.8 Å². The average molecular weight is 232 g/mol. The normalized spacial score (nSPS) is 12.1. The van der Waals surface area contributed by atoms with Gasteiger partial charge in [0.1, 0.15) is 0 Å². The SMILES string of the molecule is CCOC(=O)C(CCCCCCO)C(=O)O. The van der Waals surface area contributed by atoms with Gasteiger partial charge in [-0.15, -0.1) is 0 Å². The van der Waals surface area contributed by atoms with E-state index in [-0.39, 0.29) is 13.2 Å². The van der Waals surface area contributed by atoms with E-state index in [0.717, 1.165) is 19.3 Å². The van der Waals surface area contributed by atoms with Gasteiger partial charge in [-0.2, -0.15) is 0 Å². The van der Waals surface area contributed by atoms with Crippen molar-refractivity contribution in [1.82, 2.24) is 0 Å². The number of ether oxygens (including phenoxy) is 1. The summed E-state index contributed by atoms with van der Waals surface area (Å²) in [6, 6.07) is 0. The highest BCUT2D eigenvalue weighted by Crippen LogP contribution is 2.13. The van der Waals surface area contributed by atoms with Crippen molar-refractivity contribution in [3.05, 3.63) is 0 Å². The third-order valence-electron chi connectivity index (χ3n) is 2.27. The molecule has 0 radical (unpaired) electrons. The molecule has 0 aliphatic carbocycles. The number of aliphatic carboxylic acids is 1. The molecule has 2 N–H and O–H groups in total. The molecule has 0 aromatic rings. The van der Waals surface area contributed by atoms with Crippen molar-refractivity contribution in [3.8, 4) is 0 Å². The quantitative estimate of drug-likeness (QED) is 0.354. The molecule has 0 saturated heterocycles. The molecule has 5 heteroatoms. The summed E-state index contributed by atoms with van der Waals surface area (Å²) in [5.74, 6) is -2.83. The highest BCUT2D eigenvalue weighted by molar-refractivity contribution is 5.93. The first-order chi connectivity index (χ1) is 7.63. The third-order valence-corrected chi connectivity index (χ3v) is 2.27. The van der Waals surface area contributed by atoms with E-state index < -0.39 is 17.9 Å². The summed E-state index contributed by atoms with van der Waals surface area (Å²) in [4.78, 5) is 22.1. The number of carboxylic acids is 1. The van der Waals surface area contributed by atoms with Crippen LogP contribution in [0.5, 0.6) is 0 Å². The van der Waals surface area contributed by atoms with Crippen molar-refractivity contribution in [2.75, 3.05) is 13.2 Å². The van der Waals surface area contributed by atoms with E-state index in [1.54, 1.807) is 6.92 Å². The molecule has 0 saturated carbocycles. The van der Waals surface area contributed by atoms with Gasteiger partial charge in [0, 0.05) is 6.61 Å². The molecule has 0 aromatic heterocycles. The smallest absolute Gasteiger partial charge is 0.320 e. The molecule has 0 aliphatic heterocycles. The van der Waals surface area contributed by atoms with Gasteiger partial charge in [-0.05, 0) is 19.8 Å². The fourth-order valence-electron chi connectivity index (χ4n) is 1.40. The number of carbonyl (C=O) groups is 2. The van der Waals surface area contributed by atoms with Crippen LogP contribution in [0.4, 0.5) is 0 Å². The van der Waals surface area contributed by atoms with Crippen LogP contribution in [0.3, 0.4) is 0 Å². The minimum atomic E-state index is -1.12. The van der Waals surface area contributed by atoms with Gasteiger partial charge in [0.2, 0.25) is 0 Å². The largest absolute Gasteiger partial charge is 0.481 e. The van der Waals surface area contributed by atoms with Crippen LogP contribution in [0.25, 0.3) is 0 Å². The Labute approximate surface area is 95.4 Å². The maximum atomic E-state index is 11.3. The standard InChI is InChI=1S/C11H20O5/c1-2-16-11(15)9(10(13)14)7-5-3-4-6-8-12/h9,12H,2-8H2,1H3,(H,13,14). The maximum absolute atomic E-state index is 11.3. The summed E-state index contributed by atoms with van der Waals surface area (Å²) >= 11 is 0. The van der Waals surface area contributed by atoms with E-state index in [1.807, 2.05) is 0 Å². The highest BCUT2D eigenvalue weighted by atomic mass is 16.5. The Hall–Kier alpha value is -1.10. The average Bonchev–Trinajstić information content (AvgIpc) is 2.23. The Balaban J connectivity index is 3.86. The van der Waals surface area contributed by atoms with Crippen molar-refractivity contribution < 1.29 is 24.5 Å². The second-order valence-electron chi connectivity index (χ2n) is 3.57. The Morgan fingerprint density at radius 3 is 2.31 bits per heavy atom. The summed E-state index contributed by atoms with van der Waals surface area (Å²) in [7, 11) is 0. The first-order valence-corrected chi connectivity index (χ1v) is 5.63. The number of carboxylic acid groups (broad SMARTS) is 1. The molecule has 0 aliphatic rings. The lowest BCUT2D eigenvalue weighted by Gasteiger charge is -2.10. The zero-order valence-electron chi connectivity index (χ0n) is 9.65. The van der Waals surface area contributed by atoms with E-state index in [9.17, 15) is 9.59 Å². The number of aliphatic hydroxyl groups excluding tert-OH is 1. The first kappa shape index (κ1) is 14.9. The van der Waals surface area contributed by atoms with E-state index in [2.05, 4.69) is 4.74 Å². The van der Waals surface area contributed by atoms with Crippen LogP contribution in [0, 0.1) is 5.92 Å². The van der Waals surface area contributed by atoms with Gasteiger partial charge < -0.3 is 14.9 Å². The predicted octanol–water partition coefficient (Wildman–Crippen LogP) is 1.19. The van der Waals surface area contributed by atoms with Gasteiger partial charge in [0.05, 0.1) is 6.61 Å². The van der Waals surface area contributed by atoms with Crippen LogP contribution in [0.15, 0.2) is 0 Å².